The number of hydrogen-bond acceptors (Lipinski definition) is 3. The maximum absolute atomic E-state index is 11.5. The van der Waals surface area contributed by atoms with Crippen molar-refractivity contribution in [1.29, 1.82) is 0 Å². The number of rotatable bonds is 6. The Kier molecular flexibility index (Phi) is 5.08. The fourth-order valence-corrected chi connectivity index (χ4v) is 4.63. The van der Waals surface area contributed by atoms with Crippen LogP contribution in [0.15, 0.2) is 60.9 Å². The van der Waals surface area contributed by atoms with Crippen LogP contribution in [-0.4, -0.2) is 23.4 Å². The Morgan fingerprint density at radius 1 is 1.11 bits per heavy atom. The van der Waals surface area contributed by atoms with E-state index in [0.717, 1.165) is 19.4 Å². The first kappa shape index (κ1) is 18.9. The maximum atomic E-state index is 11.5. The second-order valence-corrected chi connectivity index (χ2v) is 9.78. The lowest BCUT2D eigenvalue weighted by Crippen LogP contribution is -2.28. The Morgan fingerprint density at radius 3 is 2.64 bits per heavy atom. The van der Waals surface area contributed by atoms with Crippen molar-refractivity contribution in [2.45, 2.75) is 38.0 Å². The van der Waals surface area contributed by atoms with Crippen molar-refractivity contribution >= 4 is 10.0 Å². The van der Waals surface area contributed by atoms with Crippen molar-refractivity contribution in [2.24, 2.45) is 11.1 Å². The second-order valence-electron chi connectivity index (χ2n) is 7.80. The van der Waals surface area contributed by atoms with Gasteiger partial charge in [-0.25, -0.2) is 13.6 Å². The zero-order chi connectivity index (χ0) is 19.7. The smallest absolute Gasteiger partial charge is 0.211 e. The van der Waals surface area contributed by atoms with Crippen LogP contribution in [0.2, 0.25) is 0 Å². The third kappa shape index (κ3) is 4.18. The van der Waals surface area contributed by atoms with Gasteiger partial charge >= 0.3 is 0 Å². The van der Waals surface area contributed by atoms with E-state index in [-0.39, 0.29) is 0 Å². The highest BCUT2D eigenvalue weighted by Crippen LogP contribution is 2.33. The van der Waals surface area contributed by atoms with Crippen molar-refractivity contribution in [3.63, 3.8) is 0 Å². The minimum atomic E-state index is -3.46. The molecule has 2 N–H and O–H groups in total. The van der Waals surface area contributed by atoms with Gasteiger partial charge < -0.3 is 0 Å². The molecule has 1 unspecified atom stereocenters. The molecule has 0 aliphatic heterocycles. The van der Waals surface area contributed by atoms with E-state index in [1.54, 1.807) is 13.1 Å². The van der Waals surface area contributed by atoms with Crippen LogP contribution >= 0.6 is 0 Å². The average molecular weight is 396 g/mol. The monoisotopic (exact) mass is 395 g/mol. The van der Waals surface area contributed by atoms with Crippen LogP contribution in [0.25, 0.3) is 11.1 Å². The van der Waals surface area contributed by atoms with Crippen molar-refractivity contribution in [1.82, 2.24) is 9.78 Å². The number of aromatic nitrogens is 2. The van der Waals surface area contributed by atoms with Crippen molar-refractivity contribution < 1.29 is 8.42 Å². The minimum Gasteiger partial charge on any atom is -0.268 e. The van der Waals surface area contributed by atoms with Crippen LogP contribution in [0.3, 0.4) is 0 Å². The van der Waals surface area contributed by atoms with Gasteiger partial charge in [-0.2, -0.15) is 5.10 Å². The SMILES string of the molecule is CC(C[C@H]1Cc2ccc(-c3cccc(Cn4cccn4)c3)cc2C1)S(N)(=O)=O. The van der Waals surface area contributed by atoms with Crippen LogP contribution in [0, 0.1) is 5.92 Å². The summed E-state index contributed by atoms with van der Waals surface area (Å²) < 4.78 is 25.0. The molecule has 0 saturated carbocycles. The number of benzene rings is 2. The van der Waals surface area contributed by atoms with Crippen molar-refractivity contribution in [3.8, 4) is 11.1 Å². The van der Waals surface area contributed by atoms with E-state index in [0.29, 0.717) is 12.3 Å². The summed E-state index contributed by atoms with van der Waals surface area (Å²) in [7, 11) is -3.46. The van der Waals surface area contributed by atoms with Crippen LogP contribution in [0.5, 0.6) is 0 Å². The number of primary sulfonamides is 1. The Bertz CT molecular complexity index is 1070. The minimum absolute atomic E-state index is 0.338. The Hall–Kier alpha value is -2.44. The molecule has 6 heteroatoms. The summed E-state index contributed by atoms with van der Waals surface area (Å²) in [5.74, 6) is 0.338. The van der Waals surface area contributed by atoms with Crippen LogP contribution in [0.4, 0.5) is 0 Å². The van der Waals surface area contributed by atoms with Gasteiger partial charge in [0.25, 0.3) is 0 Å². The third-order valence-corrected chi connectivity index (χ3v) is 6.93. The number of hydrogen-bond donors (Lipinski definition) is 1. The van der Waals surface area contributed by atoms with Crippen LogP contribution in [0.1, 0.15) is 30.0 Å². The first-order valence-electron chi connectivity index (χ1n) is 9.58. The number of fused-ring (bicyclic) bond motifs is 1. The van der Waals surface area contributed by atoms with Gasteiger partial charge in [0, 0.05) is 12.4 Å². The molecular formula is C22H25N3O2S. The molecule has 0 bridgehead atoms. The van der Waals surface area contributed by atoms with Gasteiger partial charge in [-0.15, -0.1) is 0 Å². The highest BCUT2D eigenvalue weighted by atomic mass is 32.2. The Balaban J connectivity index is 1.51. The average Bonchev–Trinajstić information content (AvgIpc) is 3.29. The molecule has 0 saturated heterocycles. The molecule has 28 heavy (non-hydrogen) atoms. The lowest BCUT2D eigenvalue weighted by atomic mass is 9.99. The van der Waals surface area contributed by atoms with Gasteiger partial charge in [-0.3, -0.25) is 4.68 Å². The molecule has 1 aromatic heterocycles. The van der Waals surface area contributed by atoms with E-state index in [4.69, 9.17) is 5.14 Å². The summed E-state index contributed by atoms with van der Waals surface area (Å²) >= 11 is 0. The van der Waals surface area contributed by atoms with E-state index >= 15 is 0 Å². The predicted octanol–water partition coefficient (Wildman–Crippen LogP) is 3.38. The standard InChI is InChI=1S/C22H25N3O2S/c1-16(28(23,26)27)10-18-12-20-6-7-21(14-22(20)13-18)19-5-2-4-17(11-19)15-25-9-3-8-24-25/h2-9,11,14,16,18H,10,12-13,15H2,1H3,(H2,23,26,27)/t16?,18-/m0/s1. The molecule has 0 fully saturated rings. The third-order valence-electron chi connectivity index (χ3n) is 5.61. The number of sulfonamides is 1. The highest BCUT2D eigenvalue weighted by molar-refractivity contribution is 7.89. The van der Waals surface area contributed by atoms with E-state index in [9.17, 15) is 8.42 Å². The van der Waals surface area contributed by atoms with Gasteiger partial charge in [0.2, 0.25) is 10.0 Å². The fraction of sp³-hybridized carbons (Fsp3) is 0.318. The molecule has 0 radical (unpaired) electrons. The lowest BCUT2D eigenvalue weighted by molar-refractivity contribution is 0.493. The van der Waals surface area contributed by atoms with E-state index < -0.39 is 15.3 Å². The topological polar surface area (TPSA) is 78.0 Å². The fourth-order valence-electron chi connectivity index (χ4n) is 4.09. The summed E-state index contributed by atoms with van der Waals surface area (Å²) in [6, 6.07) is 17.1. The summed E-state index contributed by atoms with van der Waals surface area (Å²) in [6.07, 6.45) is 6.20. The van der Waals surface area contributed by atoms with Crippen LogP contribution in [-0.2, 0) is 29.4 Å². The number of nitrogens with zero attached hydrogens (tertiary/aromatic N) is 2. The first-order chi connectivity index (χ1) is 13.4. The number of nitrogens with two attached hydrogens (primary N) is 1. The van der Waals surface area contributed by atoms with E-state index in [2.05, 4.69) is 47.6 Å². The summed E-state index contributed by atoms with van der Waals surface area (Å²) in [5, 5.41) is 9.07. The summed E-state index contributed by atoms with van der Waals surface area (Å²) in [6.45, 7) is 2.45. The molecule has 2 aromatic carbocycles. The Labute approximate surface area is 166 Å². The molecule has 0 spiro atoms. The summed E-state index contributed by atoms with van der Waals surface area (Å²) in [4.78, 5) is 0. The van der Waals surface area contributed by atoms with Crippen molar-refractivity contribution in [3.05, 3.63) is 77.6 Å². The van der Waals surface area contributed by atoms with Gasteiger partial charge in [0.1, 0.15) is 0 Å². The predicted molar refractivity (Wildman–Crippen MR) is 111 cm³/mol. The lowest BCUT2D eigenvalue weighted by Gasteiger charge is -2.13. The molecule has 1 aliphatic rings. The largest absolute Gasteiger partial charge is 0.268 e. The second kappa shape index (κ2) is 7.53. The molecule has 4 rings (SSSR count). The van der Waals surface area contributed by atoms with Gasteiger partial charge in [-0.05, 0) is 72.1 Å². The molecular weight excluding hydrogens is 370 g/mol. The first-order valence-corrected chi connectivity index (χ1v) is 11.2. The van der Waals surface area contributed by atoms with Gasteiger partial charge in [0.05, 0.1) is 11.8 Å². The summed E-state index contributed by atoms with van der Waals surface area (Å²) in [5.41, 5.74) is 6.24. The van der Waals surface area contributed by atoms with E-state index in [1.165, 1.54) is 27.8 Å². The van der Waals surface area contributed by atoms with Gasteiger partial charge in [0.15, 0.2) is 0 Å². The Morgan fingerprint density at radius 2 is 1.89 bits per heavy atom. The van der Waals surface area contributed by atoms with Crippen LogP contribution < -0.4 is 5.14 Å². The zero-order valence-corrected chi connectivity index (χ0v) is 16.8. The molecule has 5 nitrogen and oxygen atoms in total. The zero-order valence-electron chi connectivity index (χ0n) is 16.0. The van der Waals surface area contributed by atoms with Crippen molar-refractivity contribution in [2.75, 3.05) is 0 Å². The quantitative estimate of drug-likeness (QED) is 0.695. The molecule has 146 valence electrons. The molecule has 0 amide bonds. The maximum Gasteiger partial charge on any atom is 0.211 e. The molecule has 1 aliphatic carbocycles. The molecule has 1 heterocycles. The van der Waals surface area contributed by atoms with E-state index in [1.807, 2.05) is 16.9 Å². The highest BCUT2D eigenvalue weighted by Gasteiger charge is 2.27. The molecule has 2 atom stereocenters. The van der Waals surface area contributed by atoms with Gasteiger partial charge in [-0.1, -0.05) is 36.4 Å². The molecule has 3 aromatic rings. The normalized spacial score (nSPS) is 17.4.